The molecule has 0 spiro atoms. The molecule has 0 saturated carbocycles. The van der Waals surface area contributed by atoms with Crippen molar-refractivity contribution in [3.05, 3.63) is 35.4 Å². The van der Waals surface area contributed by atoms with Gasteiger partial charge in [-0.05, 0) is 44.9 Å². The highest BCUT2D eigenvalue weighted by Gasteiger charge is 2.32. The van der Waals surface area contributed by atoms with Crippen LogP contribution in [0.1, 0.15) is 38.7 Å². The predicted octanol–water partition coefficient (Wildman–Crippen LogP) is 3.02. The highest BCUT2D eigenvalue weighted by Crippen LogP contribution is 2.29. The lowest BCUT2D eigenvalue weighted by atomic mass is 9.86. The van der Waals surface area contributed by atoms with E-state index in [1.807, 2.05) is 0 Å². The molecule has 122 valence electrons. The van der Waals surface area contributed by atoms with Crippen molar-refractivity contribution in [3.8, 4) is 0 Å². The largest absolute Gasteiger partial charge is 0.444 e. The van der Waals surface area contributed by atoms with E-state index in [1.54, 1.807) is 25.7 Å². The molecule has 1 saturated heterocycles. The van der Waals surface area contributed by atoms with Crippen molar-refractivity contribution in [3.63, 3.8) is 0 Å². The number of nitrogens with two attached hydrogens (primary N) is 1. The summed E-state index contributed by atoms with van der Waals surface area (Å²) in [6.45, 7) is 6.15. The van der Waals surface area contributed by atoms with Gasteiger partial charge in [0.15, 0.2) is 0 Å². The normalized spacial score (nSPS) is 22.5. The van der Waals surface area contributed by atoms with Gasteiger partial charge in [0.1, 0.15) is 17.2 Å². The van der Waals surface area contributed by atoms with Crippen LogP contribution in [0.15, 0.2) is 18.2 Å². The second kappa shape index (κ2) is 6.20. The summed E-state index contributed by atoms with van der Waals surface area (Å²) in [4.78, 5) is 13.6. The number of nitrogens with zero attached hydrogens (tertiary/aromatic N) is 1. The van der Waals surface area contributed by atoms with Crippen molar-refractivity contribution in [1.82, 2.24) is 4.90 Å². The summed E-state index contributed by atoms with van der Waals surface area (Å²) < 4.78 is 32.0. The van der Waals surface area contributed by atoms with E-state index in [0.717, 1.165) is 6.07 Å². The topological polar surface area (TPSA) is 55.6 Å². The molecule has 1 amide bonds. The molecule has 1 heterocycles. The Morgan fingerprint density at radius 3 is 2.36 bits per heavy atom. The summed E-state index contributed by atoms with van der Waals surface area (Å²) in [6, 6.07) is 3.06. The minimum Gasteiger partial charge on any atom is -0.444 e. The van der Waals surface area contributed by atoms with Crippen molar-refractivity contribution in [2.24, 2.45) is 5.73 Å². The lowest BCUT2D eigenvalue weighted by Gasteiger charge is -2.37. The summed E-state index contributed by atoms with van der Waals surface area (Å²) in [5.74, 6) is -1.41. The van der Waals surface area contributed by atoms with Gasteiger partial charge in [-0.25, -0.2) is 13.6 Å². The second-order valence-corrected chi connectivity index (χ2v) is 6.69. The summed E-state index contributed by atoms with van der Waals surface area (Å²) in [7, 11) is 0. The molecular weight excluding hydrogens is 290 g/mol. The fourth-order valence-corrected chi connectivity index (χ4v) is 2.68. The van der Waals surface area contributed by atoms with Crippen molar-refractivity contribution >= 4 is 6.09 Å². The van der Waals surface area contributed by atoms with Gasteiger partial charge in [-0.1, -0.05) is 0 Å². The van der Waals surface area contributed by atoms with Crippen LogP contribution in [0.3, 0.4) is 0 Å². The first-order chi connectivity index (χ1) is 10.2. The number of hydrogen-bond acceptors (Lipinski definition) is 3. The van der Waals surface area contributed by atoms with Gasteiger partial charge >= 0.3 is 6.09 Å². The SMILES string of the molecule is CC(C)(C)OC(=O)N1CC[C@H](c2cc(F)cc(F)c2)[C@@H](N)C1. The van der Waals surface area contributed by atoms with Crippen LogP contribution in [-0.2, 0) is 4.74 Å². The van der Waals surface area contributed by atoms with E-state index >= 15 is 0 Å². The van der Waals surface area contributed by atoms with E-state index < -0.39 is 23.3 Å². The molecule has 2 rings (SSSR count). The highest BCUT2D eigenvalue weighted by molar-refractivity contribution is 5.68. The van der Waals surface area contributed by atoms with Gasteiger partial charge in [0, 0.05) is 31.1 Å². The monoisotopic (exact) mass is 312 g/mol. The van der Waals surface area contributed by atoms with Crippen LogP contribution in [0, 0.1) is 11.6 Å². The average molecular weight is 312 g/mol. The molecule has 0 aromatic heterocycles. The quantitative estimate of drug-likeness (QED) is 0.867. The number of piperidine rings is 1. The number of carbonyl (C=O) groups excluding carboxylic acids is 1. The number of amides is 1. The maximum Gasteiger partial charge on any atom is 0.410 e. The van der Waals surface area contributed by atoms with Crippen LogP contribution >= 0.6 is 0 Å². The number of hydrogen-bond donors (Lipinski definition) is 1. The molecule has 2 atom stereocenters. The molecule has 1 aromatic rings. The molecule has 0 unspecified atom stereocenters. The molecule has 1 aromatic carbocycles. The Balaban J connectivity index is 2.05. The molecule has 1 aliphatic heterocycles. The number of carbonyl (C=O) groups is 1. The Labute approximate surface area is 129 Å². The lowest BCUT2D eigenvalue weighted by Crippen LogP contribution is -2.50. The molecule has 4 nitrogen and oxygen atoms in total. The standard InChI is InChI=1S/C16H22F2N2O2/c1-16(2,3)22-15(21)20-5-4-13(14(19)9-20)10-6-11(17)8-12(18)7-10/h6-8,13-14H,4-5,9,19H2,1-3H3/t13-,14+/m1/s1. The predicted molar refractivity (Wildman–Crippen MR) is 79.5 cm³/mol. The van der Waals surface area contributed by atoms with E-state index in [-0.39, 0.29) is 12.0 Å². The molecule has 22 heavy (non-hydrogen) atoms. The van der Waals surface area contributed by atoms with Crippen LogP contribution in [0.4, 0.5) is 13.6 Å². The van der Waals surface area contributed by atoms with Crippen molar-refractivity contribution in [1.29, 1.82) is 0 Å². The van der Waals surface area contributed by atoms with E-state index in [4.69, 9.17) is 10.5 Å². The number of halogens is 2. The van der Waals surface area contributed by atoms with Crippen molar-refractivity contribution in [2.75, 3.05) is 13.1 Å². The third-order valence-corrected chi connectivity index (χ3v) is 3.62. The van der Waals surface area contributed by atoms with Gasteiger partial charge in [0.2, 0.25) is 0 Å². The van der Waals surface area contributed by atoms with Gasteiger partial charge in [-0.3, -0.25) is 0 Å². The number of ether oxygens (including phenoxy) is 1. The molecular formula is C16H22F2N2O2. The van der Waals surface area contributed by atoms with Crippen LogP contribution in [0.2, 0.25) is 0 Å². The first-order valence-corrected chi connectivity index (χ1v) is 7.35. The molecule has 1 aliphatic rings. The third-order valence-electron chi connectivity index (χ3n) is 3.62. The molecule has 0 bridgehead atoms. The first-order valence-electron chi connectivity index (χ1n) is 7.35. The van der Waals surface area contributed by atoms with Gasteiger partial charge in [-0.15, -0.1) is 0 Å². The summed E-state index contributed by atoms with van der Waals surface area (Å²) >= 11 is 0. The number of benzene rings is 1. The first kappa shape index (κ1) is 16.7. The van der Waals surface area contributed by atoms with Crippen LogP contribution in [0.5, 0.6) is 0 Å². The molecule has 6 heteroatoms. The van der Waals surface area contributed by atoms with Gasteiger partial charge in [0.25, 0.3) is 0 Å². The zero-order valence-electron chi connectivity index (χ0n) is 13.1. The van der Waals surface area contributed by atoms with E-state index in [9.17, 15) is 13.6 Å². The Morgan fingerprint density at radius 2 is 1.86 bits per heavy atom. The fourth-order valence-electron chi connectivity index (χ4n) is 2.68. The van der Waals surface area contributed by atoms with Gasteiger partial charge < -0.3 is 15.4 Å². The minimum absolute atomic E-state index is 0.177. The summed E-state index contributed by atoms with van der Waals surface area (Å²) in [5, 5.41) is 0. The maximum atomic E-state index is 13.3. The molecule has 0 aliphatic carbocycles. The Bertz CT molecular complexity index is 537. The maximum absolute atomic E-state index is 13.3. The summed E-state index contributed by atoms with van der Waals surface area (Å²) in [5.41, 5.74) is 6.08. The molecule has 2 N–H and O–H groups in total. The number of rotatable bonds is 1. The highest BCUT2D eigenvalue weighted by atomic mass is 19.1. The zero-order valence-corrected chi connectivity index (χ0v) is 13.1. The van der Waals surface area contributed by atoms with E-state index in [0.29, 0.717) is 25.1 Å². The number of likely N-dealkylation sites (tertiary alicyclic amines) is 1. The van der Waals surface area contributed by atoms with Crippen molar-refractivity contribution in [2.45, 2.75) is 44.8 Å². The Kier molecular flexibility index (Phi) is 4.70. The fraction of sp³-hybridized carbons (Fsp3) is 0.562. The van der Waals surface area contributed by atoms with Crippen LogP contribution < -0.4 is 5.73 Å². The third kappa shape index (κ3) is 4.16. The van der Waals surface area contributed by atoms with Crippen LogP contribution in [0.25, 0.3) is 0 Å². The Hall–Kier alpha value is -1.69. The van der Waals surface area contributed by atoms with Crippen molar-refractivity contribution < 1.29 is 18.3 Å². The zero-order chi connectivity index (χ0) is 16.5. The lowest BCUT2D eigenvalue weighted by molar-refractivity contribution is 0.0186. The molecule has 0 radical (unpaired) electrons. The van der Waals surface area contributed by atoms with Gasteiger partial charge in [-0.2, -0.15) is 0 Å². The molecule has 1 fully saturated rings. The van der Waals surface area contributed by atoms with Crippen LogP contribution in [-0.4, -0.2) is 35.7 Å². The van der Waals surface area contributed by atoms with E-state index in [2.05, 4.69) is 0 Å². The minimum atomic E-state index is -0.614. The van der Waals surface area contributed by atoms with Gasteiger partial charge in [0.05, 0.1) is 0 Å². The summed E-state index contributed by atoms with van der Waals surface area (Å²) in [6.07, 6.45) is 0.135. The van der Waals surface area contributed by atoms with E-state index in [1.165, 1.54) is 12.1 Å². The average Bonchev–Trinajstić information content (AvgIpc) is 2.35. The smallest absolute Gasteiger partial charge is 0.410 e. The Morgan fingerprint density at radius 1 is 1.27 bits per heavy atom. The second-order valence-electron chi connectivity index (χ2n) is 6.69.